The van der Waals surface area contributed by atoms with Gasteiger partial charge in [0.2, 0.25) is 5.82 Å². The molecule has 2 aromatic rings. The minimum absolute atomic E-state index is 0.0953. The molecular formula is C14H17Cl2N5O. The van der Waals surface area contributed by atoms with Gasteiger partial charge in [-0.25, -0.2) is 9.67 Å². The highest BCUT2D eigenvalue weighted by atomic mass is 35.5. The van der Waals surface area contributed by atoms with Crippen LogP contribution in [0.3, 0.4) is 0 Å². The Morgan fingerprint density at radius 1 is 1.27 bits per heavy atom. The first kappa shape index (κ1) is 16.7. The van der Waals surface area contributed by atoms with Gasteiger partial charge in [0, 0.05) is 6.54 Å². The van der Waals surface area contributed by atoms with E-state index in [0.717, 1.165) is 13.0 Å². The van der Waals surface area contributed by atoms with Gasteiger partial charge >= 0.3 is 0 Å². The van der Waals surface area contributed by atoms with E-state index in [0.29, 0.717) is 28.1 Å². The molecule has 0 aliphatic rings. The summed E-state index contributed by atoms with van der Waals surface area (Å²) in [6.07, 6.45) is 0.832. The summed E-state index contributed by atoms with van der Waals surface area (Å²) in [6.45, 7) is 3.13. The van der Waals surface area contributed by atoms with Gasteiger partial charge in [0.25, 0.3) is 5.91 Å². The molecule has 8 heteroatoms. The molecule has 0 fully saturated rings. The van der Waals surface area contributed by atoms with Crippen molar-refractivity contribution in [3.63, 3.8) is 0 Å². The molecular weight excluding hydrogens is 325 g/mol. The molecule has 0 bridgehead atoms. The molecule has 118 valence electrons. The van der Waals surface area contributed by atoms with Crippen molar-refractivity contribution in [1.29, 1.82) is 0 Å². The molecule has 1 heterocycles. The lowest BCUT2D eigenvalue weighted by atomic mass is 10.3. The predicted molar refractivity (Wildman–Crippen MR) is 87.0 cm³/mol. The van der Waals surface area contributed by atoms with Gasteiger partial charge in [-0.15, -0.1) is 5.10 Å². The predicted octanol–water partition coefficient (Wildman–Crippen LogP) is 2.22. The fourth-order valence-electron chi connectivity index (χ4n) is 1.94. The van der Waals surface area contributed by atoms with Crippen molar-refractivity contribution in [2.75, 3.05) is 20.1 Å². The highest BCUT2D eigenvalue weighted by Crippen LogP contribution is 2.28. The third-order valence-corrected chi connectivity index (χ3v) is 3.62. The third kappa shape index (κ3) is 3.76. The Balaban J connectivity index is 2.20. The van der Waals surface area contributed by atoms with E-state index in [1.807, 2.05) is 7.05 Å². The lowest BCUT2D eigenvalue weighted by molar-refractivity contribution is 0.0943. The van der Waals surface area contributed by atoms with Crippen LogP contribution in [-0.4, -0.2) is 40.8 Å². The number of nitrogens with zero attached hydrogens (tertiary/aromatic N) is 3. The van der Waals surface area contributed by atoms with Crippen molar-refractivity contribution < 1.29 is 4.79 Å². The summed E-state index contributed by atoms with van der Waals surface area (Å²) in [7, 11) is 1.86. The minimum atomic E-state index is -0.318. The van der Waals surface area contributed by atoms with Crippen LogP contribution >= 0.6 is 23.2 Å². The van der Waals surface area contributed by atoms with Crippen LogP contribution in [-0.2, 0) is 0 Å². The Morgan fingerprint density at radius 3 is 2.59 bits per heavy atom. The summed E-state index contributed by atoms with van der Waals surface area (Å²) in [5.41, 5.74) is 0.519. The average molecular weight is 342 g/mol. The first-order valence-corrected chi connectivity index (χ1v) is 7.61. The number of carbonyl (C=O) groups is 1. The Bertz CT molecular complexity index is 651. The number of aromatic nitrogens is 3. The highest BCUT2D eigenvalue weighted by molar-refractivity contribution is 6.37. The fourth-order valence-corrected chi connectivity index (χ4v) is 2.49. The number of rotatable bonds is 6. The summed E-state index contributed by atoms with van der Waals surface area (Å²) >= 11 is 12.3. The summed E-state index contributed by atoms with van der Waals surface area (Å²) < 4.78 is 1.48. The number of hydrogen-bond donors (Lipinski definition) is 2. The monoisotopic (exact) mass is 341 g/mol. The van der Waals surface area contributed by atoms with E-state index in [4.69, 9.17) is 23.2 Å². The van der Waals surface area contributed by atoms with Crippen molar-refractivity contribution >= 4 is 29.1 Å². The Morgan fingerprint density at radius 2 is 1.95 bits per heavy atom. The second kappa shape index (κ2) is 7.58. The average Bonchev–Trinajstić information content (AvgIpc) is 2.85. The molecule has 1 amide bonds. The molecule has 6 nitrogen and oxygen atoms in total. The van der Waals surface area contributed by atoms with Crippen LogP contribution in [0.1, 0.15) is 22.9 Å². The summed E-state index contributed by atoms with van der Waals surface area (Å²) in [4.78, 5) is 16.2. The minimum Gasteiger partial charge on any atom is -0.349 e. The fraction of sp³-hybridized carbons (Fsp3) is 0.357. The van der Waals surface area contributed by atoms with Crippen LogP contribution in [0.4, 0.5) is 0 Å². The van der Waals surface area contributed by atoms with Crippen LogP contribution in [0, 0.1) is 6.92 Å². The van der Waals surface area contributed by atoms with Crippen molar-refractivity contribution in [3.8, 4) is 5.69 Å². The second-order valence-corrected chi connectivity index (χ2v) is 5.49. The molecule has 0 atom stereocenters. The van der Waals surface area contributed by atoms with Gasteiger partial charge in [-0.05, 0) is 39.1 Å². The van der Waals surface area contributed by atoms with Crippen molar-refractivity contribution in [2.45, 2.75) is 13.3 Å². The molecule has 22 heavy (non-hydrogen) atoms. The SMILES string of the molecule is CNCCCNC(=O)c1nc(C)n(-c2c(Cl)cccc2Cl)n1. The number of nitrogens with one attached hydrogen (secondary N) is 2. The Labute approximate surface area is 138 Å². The van der Waals surface area contributed by atoms with Gasteiger partial charge in [0.1, 0.15) is 11.5 Å². The number of hydrogen-bond acceptors (Lipinski definition) is 4. The maximum absolute atomic E-state index is 12.0. The molecule has 2 N–H and O–H groups in total. The number of amides is 1. The molecule has 1 aromatic heterocycles. The number of benzene rings is 1. The number of halogens is 2. The van der Waals surface area contributed by atoms with Gasteiger partial charge in [0.15, 0.2) is 0 Å². The summed E-state index contributed by atoms with van der Waals surface area (Å²) in [5.74, 6) is 0.314. The quantitative estimate of drug-likeness (QED) is 0.790. The van der Waals surface area contributed by atoms with Crippen molar-refractivity contribution in [1.82, 2.24) is 25.4 Å². The van der Waals surface area contributed by atoms with Crippen LogP contribution in [0.15, 0.2) is 18.2 Å². The van der Waals surface area contributed by atoms with Gasteiger partial charge in [-0.3, -0.25) is 4.79 Å². The zero-order chi connectivity index (χ0) is 16.1. The zero-order valence-corrected chi connectivity index (χ0v) is 13.9. The van der Waals surface area contributed by atoms with Gasteiger partial charge in [-0.2, -0.15) is 0 Å². The molecule has 0 spiro atoms. The number of aryl methyl sites for hydroxylation is 1. The number of para-hydroxylation sites is 1. The first-order chi connectivity index (χ1) is 10.5. The largest absolute Gasteiger partial charge is 0.349 e. The molecule has 0 saturated carbocycles. The van der Waals surface area contributed by atoms with E-state index in [1.54, 1.807) is 25.1 Å². The maximum Gasteiger partial charge on any atom is 0.290 e. The van der Waals surface area contributed by atoms with E-state index < -0.39 is 0 Å². The van der Waals surface area contributed by atoms with E-state index in [-0.39, 0.29) is 11.7 Å². The number of carbonyl (C=O) groups excluding carboxylic acids is 1. The molecule has 2 rings (SSSR count). The van der Waals surface area contributed by atoms with Crippen LogP contribution in [0.25, 0.3) is 5.69 Å². The van der Waals surface area contributed by atoms with Gasteiger partial charge in [-0.1, -0.05) is 29.3 Å². The summed E-state index contributed by atoms with van der Waals surface area (Å²) in [6, 6.07) is 5.17. The molecule has 0 saturated heterocycles. The molecule has 0 aliphatic carbocycles. The molecule has 0 aliphatic heterocycles. The topological polar surface area (TPSA) is 71.8 Å². The van der Waals surface area contributed by atoms with Gasteiger partial charge in [0.05, 0.1) is 10.0 Å². The molecule has 0 unspecified atom stereocenters. The van der Waals surface area contributed by atoms with Crippen LogP contribution in [0.2, 0.25) is 10.0 Å². The van der Waals surface area contributed by atoms with E-state index in [2.05, 4.69) is 20.7 Å². The van der Waals surface area contributed by atoms with E-state index in [9.17, 15) is 4.79 Å². The van der Waals surface area contributed by atoms with E-state index in [1.165, 1.54) is 4.68 Å². The highest BCUT2D eigenvalue weighted by Gasteiger charge is 2.17. The lowest BCUT2D eigenvalue weighted by Crippen LogP contribution is -2.27. The van der Waals surface area contributed by atoms with Gasteiger partial charge < -0.3 is 10.6 Å². The normalized spacial score (nSPS) is 10.7. The second-order valence-electron chi connectivity index (χ2n) is 4.68. The van der Waals surface area contributed by atoms with Crippen molar-refractivity contribution in [3.05, 3.63) is 39.9 Å². The third-order valence-electron chi connectivity index (χ3n) is 3.01. The maximum atomic E-state index is 12.0. The standard InChI is InChI=1S/C14H17Cl2N5O/c1-9-19-13(14(22)18-8-4-7-17-2)20-21(9)12-10(15)5-3-6-11(12)16/h3,5-6,17H,4,7-8H2,1-2H3,(H,18,22). The van der Waals surface area contributed by atoms with E-state index >= 15 is 0 Å². The summed E-state index contributed by atoms with van der Waals surface area (Å²) in [5, 5.41) is 10.9. The Hall–Kier alpha value is -1.63. The molecule has 1 aromatic carbocycles. The first-order valence-electron chi connectivity index (χ1n) is 6.85. The van der Waals surface area contributed by atoms with Crippen LogP contribution in [0.5, 0.6) is 0 Å². The Kier molecular flexibility index (Phi) is 5.76. The van der Waals surface area contributed by atoms with Crippen LogP contribution < -0.4 is 10.6 Å². The smallest absolute Gasteiger partial charge is 0.290 e. The molecule has 0 radical (unpaired) electrons. The zero-order valence-electron chi connectivity index (χ0n) is 12.4. The van der Waals surface area contributed by atoms with Crippen molar-refractivity contribution in [2.24, 2.45) is 0 Å². The lowest BCUT2D eigenvalue weighted by Gasteiger charge is -2.07.